The van der Waals surface area contributed by atoms with E-state index in [1.807, 2.05) is 12.4 Å². The third-order valence-corrected chi connectivity index (χ3v) is 3.85. The van der Waals surface area contributed by atoms with E-state index in [9.17, 15) is 0 Å². The standard InChI is InChI=1S/C15H26N4O/c1-4-16-9-14-10-17-11-15(18-14)19(7-8-20-3)12(2)13-5-6-13/h10-13,16H,4-9H2,1-3H3. The molecule has 1 aromatic rings. The molecular formula is C15H26N4O. The first kappa shape index (κ1) is 15.2. The number of nitrogens with zero attached hydrogens (tertiary/aromatic N) is 3. The number of ether oxygens (including phenoxy) is 1. The number of hydrogen-bond acceptors (Lipinski definition) is 5. The Kier molecular flexibility index (Phi) is 5.73. The first-order valence-electron chi connectivity index (χ1n) is 7.53. The first-order chi connectivity index (χ1) is 9.76. The SMILES string of the molecule is CCNCc1cncc(N(CCOC)C(C)C2CC2)n1. The number of rotatable bonds is 9. The van der Waals surface area contributed by atoms with Crippen molar-refractivity contribution in [1.82, 2.24) is 15.3 Å². The molecule has 0 saturated heterocycles. The number of hydrogen-bond donors (Lipinski definition) is 1. The molecule has 1 aromatic heterocycles. The van der Waals surface area contributed by atoms with Gasteiger partial charge in [-0.15, -0.1) is 0 Å². The van der Waals surface area contributed by atoms with Crippen molar-refractivity contribution < 1.29 is 4.74 Å². The molecule has 1 heterocycles. The van der Waals surface area contributed by atoms with Crippen LogP contribution in [0.4, 0.5) is 5.82 Å². The van der Waals surface area contributed by atoms with Crippen LogP contribution in [0.5, 0.6) is 0 Å². The summed E-state index contributed by atoms with van der Waals surface area (Å²) in [6.45, 7) is 7.68. The van der Waals surface area contributed by atoms with Gasteiger partial charge >= 0.3 is 0 Å². The Labute approximate surface area is 121 Å². The highest BCUT2D eigenvalue weighted by atomic mass is 16.5. The fraction of sp³-hybridized carbons (Fsp3) is 0.733. The van der Waals surface area contributed by atoms with Gasteiger partial charge in [-0.05, 0) is 32.2 Å². The van der Waals surface area contributed by atoms with Gasteiger partial charge in [0.1, 0.15) is 5.82 Å². The second-order valence-corrected chi connectivity index (χ2v) is 5.41. The van der Waals surface area contributed by atoms with Crippen LogP contribution in [0.25, 0.3) is 0 Å². The van der Waals surface area contributed by atoms with Gasteiger partial charge in [0, 0.05) is 32.4 Å². The summed E-state index contributed by atoms with van der Waals surface area (Å²) >= 11 is 0. The Morgan fingerprint density at radius 1 is 1.45 bits per heavy atom. The molecule has 5 nitrogen and oxygen atoms in total. The molecule has 20 heavy (non-hydrogen) atoms. The predicted molar refractivity (Wildman–Crippen MR) is 80.8 cm³/mol. The van der Waals surface area contributed by atoms with E-state index < -0.39 is 0 Å². The Morgan fingerprint density at radius 2 is 2.25 bits per heavy atom. The molecule has 1 aliphatic rings. The van der Waals surface area contributed by atoms with Crippen molar-refractivity contribution in [3.05, 3.63) is 18.1 Å². The topological polar surface area (TPSA) is 50.3 Å². The molecule has 0 bridgehead atoms. The summed E-state index contributed by atoms with van der Waals surface area (Å²) in [6.07, 6.45) is 6.36. The number of anilines is 1. The molecular weight excluding hydrogens is 252 g/mol. The van der Waals surface area contributed by atoms with Crippen LogP contribution >= 0.6 is 0 Å². The van der Waals surface area contributed by atoms with Gasteiger partial charge in [-0.25, -0.2) is 4.98 Å². The number of nitrogens with one attached hydrogen (secondary N) is 1. The van der Waals surface area contributed by atoms with Crippen molar-refractivity contribution in [1.29, 1.82) is 0 Å². The molecule has 0 radical (unpaired) electrons. The lowest BCUT2D eigenvalue weighted by Gasteiger charge is -2.30. The van der Waals surface area contributed by atoms with Gasteiger partial charge < -0.3 is 15.0 Å². The number of aromatic nitrogens is 2. The highest BCUT2D eigenvalue weighted by Crippen LogP contribution is 2.36. The quantitative estimate of drug-likeness (QED) is 0.747. The summed E-state index contributed by atoms with van der Waals surface area (Å²) in [5.41, 5.74) is 0.995. The van der Waals surface area contributed by atoms with Crippen LogP contribution in [0.3, 0.4) is 0 Å². The lowest BCUT2D eigenvalue weighted by atomic mass is 10.2. The molecule has 1 aliphatic carbocycles. The third kappa shape index (κ3) is 4.15. The highest BCUT2D eigenvalue weighted by Gasteiger charge is 2.32. The van der Waals surface area contributed by atoms with Crippen LogP contribution in [0, 0.1) is 5.92 Å². The molecule has 1 fully saturated rings. The Balaban J connectivity index is 2.09. The second-order valence-electron chi connectivity index (χ2n) is 5.41. The minimum absolute atomic E-state index is 0.508. The lowest BCUT2D eigenvalue weighted by Crippen LogP contribution is -2.38. The van der Waals surface area contributed by atoms with Gasteiger partial charge in [0.2, 0.25) is 0 Å². The highest BCUT2D eigenvalue weighted by molar-refractivity contribution is 5.38. The minimum atomic E-state index is 0.508. The Bertz CT molecular complexity index is 409. The molecule has 112 valence electrons. The van der Waals surface area contributed by atoms with E-state index in [4.69, 9.17) is 9.72 Å². The molecule has 1 unspecified atom stereocenters. The molecule has 2 rings (SSSR count). The Morgan fingerprint density at radius 3 is 2.90 bits per heavy atom. The molecule has 0 aliphatic heterocycles. The summed E-state index contributed by atoms with van der Waals surface area (Å²) < 4.78 is 5.24. The molecule has 1 saturated carbocycles. The molecule has 0 aromatic carbocycles. The minimum Gasteiger partial charge on any atom is -0.383 e. The molecule has 1 N–H and O–H groups in total. The van der Waals surface area contributed by atoms with Gasteiger partial charge in [0.25, 0.3) is 0 Å². The van der Waals surface area contributed by atoms with E-state index in [1.54, 1.807) is 7.11 Å². The van der Waals surface area contributed by atoms with Gasteiger partial charge in [-0.2, -0.15) is 0 Å². The number of methoxy groups -OCH3 is 1. The van der Waals surface area contributed by atoms with Crippen LogP contribution in [0.2, 0.25) is 0 Å². The van der Waals surface area contributed by atoms with Gasteiger partial charge in [0.05, 0.1) is 18.5 Å². The third-order valence-electron chi connectivity index (χ3n) is 3.85. The summed E-state index contributed by atoms with van der Waals surface area (Å²) in [4.78, 5) is 11.4. The summed E-state index contributed by atoms with van der Waals surface area (Å²) in [7, 11) is 1.74. The maximum atomic E-state index is 5.24. The average molecular weight is 278 g/mol. The van der Waals surface area contributed by atoms with Crippen LogP contribution in [-0.4, -0.2) is 42.8 Å². The van der Waals surface area contributed by atoms with Crippen LogP contribution in [0.15, 0.2) is 12.4 Å². The van der Waals surface area contributed by atoms with E-state index in [1.165, 1.54) is 12.8 Å². The average Bonchev–Trinajstić information content (AvgIpc) is 3.30. The van der Waals surface area contributed by atoms with Crippen molar-refractivity contribution in [3.8, 4) is 0 Å². The van der Waals surface area contributed by atoms with E-state index >= 15 is 0 Å². The van der Waals surface area contributed by atoms with Crippen LogP contribution in [-0.2, 0) is 11.3 Å². The fourth-order valence-electron chi connectivity index (χ4n) is 2.42. The summed E-state index contributed by atoms with van der Waals surface area (Å²) in [5, 5.41) is 3.29. The van der Waals surface area contributed by atoms with Crippen molar-refractivity contribution in [2.24, 2.45) is 5.92 Å². The maximum Gasteiger partial charge on any atom is 0.147 e. The normalized spacial score (nSPS) is 16.1. The zero-order valence-corrected chi connectivity index (χ0v) is 12.8. The van der Waals surface area contributed by atoms with Crippen LogP contribution in [0.1, 0.15) is 32.4 Å². The predicted octanol–water partition coefficient (Wildman–Crippen LogP) is 1.84. The zero-order valence-electron chi connectivity index (χ0n) is 12.8. The summed E-state index contributed by atoms with van der Waals surface area (Å²) in [6, 6.07) is 0.508. The largest absolute Gasteiger partial charge is 0.383 e. The van der Waals surface area contributed by atoms with E-state index in [-0.39, 0.29) is 0 Å². The fourth-order valence-corrected chi connectivity index (χ4v) is 2.42. The van der Waals surface area contributed by atoms with Crippen molar-refractivity contribution >= 4 is 5.82 Å². The van der Waals surface area contributed by atoms with Gasteiger partial charge in [-0.1, -0.05) is 6.92 Å². The molecule has 0 amide bonds. The maximum absolute atomic E-state index is 5.24. The van der Waals surface area contributed by atoms with Crippen LogP contribution < -0.4 is 10.2 Å². The summed E-state index contributed by atoms with van der Waals surface area (Å²) in [5.74, 6) is 1.77. The molecule has 1 atom stereocenters. The van der Waals surface area contributed by atoms with E-state index in [2.05, 4.69) is 29.0 Å². The van der Waals surface area contributed by atoms with Crippen molar-refractivity contribution in [3.63, 3.8) is 0 Å². The van der Waals surface area contributed by atoms with E-state index in [0.717, 1.165) is 43.7 Å². The second kappa shape index (κ2) is 7.55. The smallest absolute Gasteiger partial charge is 0.147 e. The molecule has 5 heteroatoms. The zero-order chi connectivity index (χ0) is 14.4. The van der Waals surface area contributed by atoms with E-state index in [0.29, 0.717) is 6.04 Å². The van der Waals surface area contributed by atoms with Gasteiger partial charge in [-0.3, -0.25) is 4.98 Å². The molecule has 0 spiro atoms. The Hall–Kier alpha value is -1.20. The monoisotopic (exact) mass is 278 g/mol. The first-order valence-corrected chi connectivity index (χ1v) is 7.53. The van der Waals surface area contributed by atoms with Crippen molar-refractivity contribution in [2.75, 3.05) is 31.7 Å². The van der Waals surface area contributed by atoms with Crippen molar-refractivity contribution in [2.45, 2.75) is 39.3 Å². The van der Waals surface area contributed by atoms with Gasteiger partial charge in [0.15, 0.2) is 0 Å². The lowest BCUT2D eigenvalue weighted by molar-refractivity contribution is 0.202.